The molecule has 7 heteroatoms. The Kier molecular flexibility index (Phi) is 1.97. The van der Waals surface area contributed by atoms with Gasteiger partial charge in [0.2, 0.25) is 0 Å². The van der Waals surface area contributed by atoms with Crippen LogP contribution in [0.25, 0.3) is 11.2 Å². The Morgan fingerprint density at radius 1 is 1.54 bits per heavy atom. The van der Waals surface area contributed by atoms with Crippen LogP contribution in [0.3, 0.4) is 0 Å². The van der Waals surface area contributed by atoms with Crippen LogP contribution in [0.2, 0.25) is 0 Å². The smallest absolute Gasteiger partial charge is 0.355 e. The summed E-state index contributed by atoms with van der Waals surface area (Å²) >= 11 is 4.10. The van der Waals surface area contributed by atoms with E-state index in [0.29, 0.717) is 15.6 Å². The second-order valence-electron chi connectivity index (χ2n) is 2.23. The highest BCUT2D eigenvalue weighted by atomic mass is 79.9. The molecule has 0 spiro atoms. The Hall–Kier alpha value is -1.08. The van der Waals surface area contributed by atoms with Gasteiger partial charge in [-0.25, -0.2) is 9.78 Å². The predicted molar refractivity (Wildman–Crippen MR) is 49.9 cm³/mol. The van der Waals surface area contributed by atoms with Crippen LogP contribution in [0.4, 0.5) is 0 Å². The van der Waals surface area contributed by atoms with E-state index in [0.717, 1.165) is 11.7 Å². The minimum atomic E-state index is -1.08. The fourth-order valence-corrected chi connectivity index (χ4v) is 1.81. The Bertz CT molecular complexity index is 484. The standard InChI is InChI=1S/C6H2BrN3O2S/c7-2-1-3-5(10-13-9-3)8-4(2)6(11)12/h1H,(H,11,12). The molecule has 0 aliphatic rings. The monoisotopic (exact) mass is 259 g/mol. The van der Waals surface area contributed by atoms with Crippen LogP contribution < -0.4 is 0 Å². The molecule has 2 rings (SSSR count). The zero-order chi connectivity index (χ0) is 9.42. The minimum absolute atomic E-state index is 0.0415. The maximum Gasteiger partial charge on any atom is 0.355 e. The molecule has 5 nitrogen and oxygen atoms in total. The molecule has 0 aromatic carbocycles. The van der Waals surface area contributed by atoms with E-state index in [2.05, 4.69) is 29.7 Å². The summed E-state index contributed by atoms with van der Waals surface area (Å²) in [6.45, 7) is 0. The average molecular weight is 260 g/mol. The van der Waals surface area contributed by atoms with Crippen molar-refractivity contribution < 1.29 is 9.90 Å². The number of carboxylic acids is 1. The van der Waals surface area contributed by atoms with E-state index in [1.165, 1.54) is 0 Å². The van der Waals surface area contributed by atoms with E-state index < -0.39 is 5.97 Å². The summed E-state index contributed by atoms with van der Waals surface area (Å²) in [6.07, 6.45) is 0. The topological polar surface area (TPSA) is 76.0 Å². The van der Waals surface area contributed by atoms with Gasteiger partial charge in [-0.2, -0.15) is 8.75 Å². The van der Waals surface area contributed by atoms with Gasteiger partial charge in [-0.1, -0.05) is 0 Å². The van der Waals surface area contributed by atoms with Gasteiger partial charge in [0.1, 0.15) is 5.52 Å². The first-order valence-electron chi connectivity index (χ1n) is 3.20. The Morgan fingerprint density at radius 3 is 3.00 bits per heavy atom. The van der Waals surface area contributed by atoms with Crippen molar-refractivity contribution in [1.29, 1.82) is 0 Å². The van der Waals surface area contributed by atoms with Crippen molar-refractivity contribution in [2.75, 3.05) is 0 Å². The molecular formula is C6H2BrN3O2S. The number of hydrogen-bond donors (Lipinski definition) is 1. The third-order valence-corrected chi connectivity index (χ3v) is 2.54. The van der Waals surface area contributed by atoms with E-state index in [9.17, 15) is 4.79 Å². The molecular weight excluding hydrogens is 258 g/mol. The van der Waals surface area contributed by atoms with E-state index in [4.69, 9.17) is 5.11 Å². The lowest BCUT2D eigenvalue weighted by Crippen LogP contribution is -2.01. The van der Waals surface area contributed by atoms with Gasteiger partial charge in [-0.3, -0.25) is 0 Å². The predicted octanol–water partition coefficient (Wildman–Crippen LogP) is 1.55. The van der Waals surface area contributed by atoms with Crippen molar-refractivity contribution in [3.8, 4) is 0 Å². The molecule has 0 atom stereocenters. The van der Waals surface area contributed by atoms with Crippen molar-refractivity contribution in [3.05, 3.63) is 16.2 Å². The lowest BCUT2D eigenvalue weighted by atomic mass is 10.3. The minimum Gasteiger partial charge on any atom is -0.476 e. The number of nitrogens with zero attached hydrogens (tertiary/aromatic N) is 3. The molecule has 2 aromatic heterocycles. The number of carbonyl (C=O) groups is 1. The van der Waals surface area contributed by atoms with Crippen LogP contribution in [0, 0.1) is 0 Å². The van der Waals surface area contributed by atoms with Gasteiger partial charge >= 0.3 is 5.97 Å². The molecule has 2 aromatic rings. The van der Waals surface area contributed by atoms with Gasteiger partial charge in [0.05, 0.1) is 16.2 Å². The highest BCUT2D eigenvalue weighted by Gasteiger charge is 2.13. The first-order chi connectivity index (χ1) is 6.18. The molecule has 0 fully saturated rings. The first kappa shape index (κ1) is 8.52. The van der Waals surface area contributed by atoms with Crippen molar-refractivity contribution in [2.45, 2.75) is 0 Å². The lowest BCUT2D eigenvalue weighted by molar-refractivity contribution is 0.0690. The molecule has 0 aliphatic heterocycles. The number of aromatic nitrogens is 3. The summed E-state index contributed by atoms with van der Waals surface area (Å²) in [5.74, 6) is -1.08. The molecule has 0 aliphatic carbocycles. The van der Waals surface area contributed by atoms with Crippen LogP contribution in [0.15, 0.2) is 10.5 Å². The second kappa shape index (κ2) is 3.00. The maximum absolute atomic E-state index is 10.7. The van der Waals surface area contributed by atoms with Gasteiger partial charge in [0.25, 0.3) is 0 Å². The Labute approximate surface area is 84.9 Å². The SMILES string of the molecule is O=C(O)c1nc2nsnc2cc1Br. The van der Waals surface area contributed by atoms with Crippen LogP contribution in [0.5, 0.6) is 0 Å². The molecule has 66 valence electrons. The van der Waals surface area contributed by atoms with Crippen LogP contribution in [-0.2, 0) is 0 Å². The molecule has 0 radical (unpaired) electrons. The van der Waals surface area contributed by atoms with Crippen molar-refractivity contribution in [1.82, 2.24) is 13.7 Å². The third-order valence-electron chi connectivity index (χ3n) is 1.41. The van der Waals surface area contributed by atoms with Crippen molar-refractivity contribution >= 4 is 44.8 Å². The van der Waals surface area contributed by atoms with Gasteiger partial charge < -0.3 is 5.11 Å². The fraction of sp³-hybridized carbons (Fsp3) is 0. The number of hydrogen-bond acceptors (Lipinski definition) is 5. The molecule has 0 saturated heterocycles. The fourth-order valence-electron chi connectivity index (χ4n) is 0.857. The number of rotatable bonds is 1. The number of halogens is 1. The summed E-state index contributed by atoms with van der Waals surface area (Å²) < 4.78 is 8.18. The molecule has 13 heavy (non-hydrogen) atoms. The zero-order valence-electron chi connectivity index (χ0n) is 6.06. The van der Waals surface area contributed by atoms with E-state index in [1.54, 1.807) is 6.07 Å². The summed E-state index contributed by atoms with van der Waals surface area (Å²) in [4.78, 5) is 14.5. The van der Waals surface area contributed by atoms with Gasteiger partial charge in [0.15, 0.2) is 11.3 Å². The Balaban J connectivity index is 2.76. The highest BCUT2D eigenvalue weighted by molar-refractivity contribution is 9.10. The van der Waals surface area contributed by atoms with E-state index >= 15 is 0 Å². The van der Waals surface area contributed by atoms with Crippen LogP contribution in [-0.4, -0.2) is 24.8 Å². The normalized spacial score (nSPS) is 10.5. The molecule has 0 saturated carbocycles. The Morgan fingerprint density at radius 2 is 2.31 bits per heavy atom. The van der Waals surface area contributed by atoms with Crippen molar-refractivity contribution in [2.24, 2.45) is 0 Å². The molecule has 2 heterocycles. The van der Waals surface area contributed by atoms with Crippen molar-refractivity contribution in [3.63, 3.8) is 0 Å². The van der Waals surface area contributed by atoms with Gasteiger partial charge in [0, 0.05) is 0 Å². The van der Waals surface area contributed by atoms with E-state index in [-0.39, 0.29) is 5.69 Å². The quantitative estimate of drug-likeness (QED) is 0.841. The highest BCUT2D eigenvalue weighted by Crippen LogP contribution is 2.19. The summed E-state index contributed by atoms with van der Waals surface area (Å²) in [5, 5.41) is 8.73. The summed E-state index contributed by atoms with van der Waals surface area (Å²) in [6, 6.07) is 1.59. The largest absolute Gasteiger partial charge is 0.476 e. The molecule has 0 unspecified atom stereocenters. The second-order valence-corrected chi connectivity index (χ2v) is 3.61. The van der Waals surface area contributed by atoms with Crippen LogP contribution >= 0.6 is 27.7 Å². The summed E-state index contributed by atoms with van der Waals surface area (Å²) in [5.41, 5.74) is 0.924. The van der Waals surface area contributed by atoms with E-state index in [1.807, 2.05) is 0 Å². The number of aromatic carboxylic acids is 1. The number of carboxylic acid groups (broad SMARTS) is 1. The summed E-state index contributed by atoms with van der Waals surface area (Å²) in [7, 11) is 0. The number of pyridine rings is 1. The third kappa shape index (κ3) is 1.40. The average Bonchev–Trinajstić information content (AvgIpc) is 2.48. The van der Waals surface area contributed by atoms with Gasteiger partial charge in [-0.05, 0) is 22.0 Å². The molecule has 0 amide bonds. The lowest BCUT2D eigenvalue weighted by Gasteiger charge is -1.95. The zero-order valence-corrected chi connectivity index (χ0v) is 8.46. The molecule has 0 bridgehead atoms. The first-order valence-corrected chi connectivity index (χ1v) is 4.73. The van der Waals surface area contributed by atoms with Crippen LogP contribution in [0.1, 0.15) is 10.5 Å². The van der Waals surface area contributed by atoms with Gasteiger partial charge in [-0.15, -0.1) is 0 Å². The maximum atomic E-state index is 10.7. The molecule has 1 N–H and O–H groups in total. The number of fused-ring (bicyclic) bond motifs is 1.